The third-order valence-electron chi connectivity index (χ3n) is 2.07. The molecule has 88 valence electrons. The first-order chi connectivity index (χ1) is 8.20. The number of methoxy groups -OCH3 is 1. The topological polar surface area (TPSA) is 99.9 Å². The molecule has 2 aromatic rings. The maximum absolute atomic E-state index is 11.7. The molecule has 7 heteroatoms. The van der Waals surface area contributed by atoms with Gasteiger partial charge < -0.3 is 10.1 Å². The summed E-state index contributed by atoms with van der Waals surface area (Å²) in [6.45, 7) is 0. The zero-order valence-electron chi connectivity index (χ0n) is 8.98. The van der Waals surface area contributed by atoms with E-state index in [0.717, 1.165) is 0 Å². The fourth-order valence-corrected chi connectivity index (χ4v) is 1.31. The Morgan fingerprint density at radius 1 is 1.41 bits per heavy atom. The molecular weight excluding hydrogens is 224 g/mol. The van der Waals surface area contributed by atoms with E-state index in [1.165, 1.54) is 7.11 Å². The minimum atomic E-state index is -0.532. The Bertz CT molecular complexity index is 587. The normalized spacial score (nSPS) is 9.94. The Kier molecular flexibility index (Phi) is 2.91. The minimum absolute atomic E-state index is 0.0825. The number of ether oxygens (including phenoxy) is 1. The van der Waals surface area contributed by atoms with Gasteiger partial charge in [-0.3, -0.25) is 9.78 Å². The number of amides is 1. The Morgan fingerprint density at radius 2 is 2.18 bits per heavy atom. The predicted octanol–water partition coefficient (Wildman–Crippen LogP) is 0.359. The molecule has 2 rings (SSSR count). The Balaban J connectivity index is 2.21. The van der Waals surface area contributed by atoms with Gasteiger partial charge in [-0.25, -0.2) is 9.89 Å². The van der Waals surface area contributed by atoms with Crippen molar-refractivity contribution < 1.29 is 9.53 Å². The summed E-state index contributed by atoms with van der Waals surface area (Å²) in [5.74, 6) is -0.0764. The van der Waals surface area contributed by atoms with Crippen molar-refractivity contribution in [3.8, 4) is 5.75 Å². The number of nitrogens with one attached hydrogen (secondary N) is 3. The molecule has 7 nitrogen and oxygen atoms in total. The summed E-state index contributed by atoms with van der Waals surface area (Å²) in [6.07, 6.45) is 0. The summed E-state index contributed by atoms with van der Waals surface area (Å²) in [6, 6.07) is 6.93. The lowest BCUT2D eigenvalue weighted by Gasteiger charge is -2.07. The Hall–Kier alpha value is -2.57. The number of rotatable bonds is 3. The second-order valence-corrected chi connectivity index (χ2v) is 3.18. The predicted molar refractivity (Wildman–Crippen MR) is 60.2 cm³/mol. The third kappa shape index (κ3) is 2.33. The van der Waals surface area contributed by atoms with E-state index in [9.17, 15) is 9.59 Å². The van der Waals surface area contributed by atoms with Crippen LogP contribution in [0.15, 0.2) is 29.1 Å². The van der Waals surface area contributed by atoms with E-state index in [2.05, 4.69) is 20.5 Å². The van der Waals surface area contributed by atoms with Crippen molar-refractivity contribution >= 4 is 11.6 Å². The summed E-state index contributed by atoms with van der Waals surface area (Å²) in [4.78, 5) is 24.7. The number of hydrogen-bond acceptors (Lipinski definition) is 4. The van der Waals surface area contributed by atoms with Gasteiger partial charge in [0.2, 0.25) is 5.82 Å². The molecule has 1 aromatic heterocycles. The van der Waals surface area contributed by atoms with Gasteiger partial charge >= 0.3 is 5.69 Å². The molecule has 0 fully saturated rings. The molecule has 0 aliphatic heterocycles. The maximum atomic E-state index is 11.7. The molecule has 0 spiro atoms. The van der Waals surface area contributed by atoms with Gasteiger partial charge in [0.15, 0.2) is 0 Å². The van der Waals surface area contributed by atoms with Gasteiger partial charge in [-0.1, -0.05) is 12.1 Å². The molecule has 0 bridgehead atoms. The number of benzene rings is 1. The second-order valence-electron chi connectivity index (χ2n) is 3.18. The smallest absolute Gasteiger partial charge is 0.341 e. The quantitative estimate of drug-likeness (QED) is 0.713. The van der Waals surface area contributed by atoms with Crippen molar-refractivity contribution in [2.24, 2.45) is 0 Å². The molecule has 17 heavy (non-hydrogen) atoms. The van der Waals surface area contributed by atoms with Crippen molar-refractivity contribution in [3.63, 3.8) is 0 Å². The molecule has 0 saturated heterocycles. The molecule has 3 N–H and O–H groups in total. The van der Waals surface area contributed by atoms with Gasteiger partial charge in [0.25, 0.3) is 5.91 Å². The van der Waals surface area contributed by atoms with Crippen LogP contribution in [0.5, 0.6) is 5.75 Å². The standard InChI is InChI=1S/C10H10N4O3/c1-17-7-5-3-2-4-6(7)11-9(15)8-12-10(16)14-13-8/h2-5H,1H3,(H,11,15)(H2,12,13,14,16). The molecule has 1 aromatic carbocycles. The van der Waals surface area contributed by atoms with Crippen molar-refractivity contribution in [3.05, 3.63) is 40.6 Å². The number of nitrogens with zero attached hydrogens (tertiary/aromatic N) is 1. The van der Waals surface area contributed by atoms with Gasteiger partial charge in [-0.2, -0.15) is 0 Å². The van der Waals surface area contributed by atoms with Crippen LogP contribution in [-0.4, -0.2) is 28.2 Å². The Labute approximate surface area is 95.8 Å². The molecule has 0 aliphatic rings. The number of anilines is 1. The van der Waals surface area contributed by atoms with Crippen LogP contribution >= 0.6 is 0 Å². The summed E-state index contributed by atoms with van der Waals surface area (Å²) >= 11 is 0. The van der Waals surface area contributed by atoms with Crippen LogP contribution in [0, 0.1) is 0 Å². The number of aromatic amines is 2. The van der Waals surface area contributed by atoms with Crippen molar-refractivity contribution in [1.82, 2.24) is 15.2 Å². The van der Waals surface area contributed by atoms with Crippen LogP contribution in [0.2, 0.25) is 0 Å². The van der Waals surface area contributed by atoms with Gasteiger partial charge in [-0.15, -0.1) is 5.10 Å². The average Bonchev–Trinajstić information content (AvgIpc) is 2.77. The number of hydrogen-bond donors (Lipinski definition) is 3. The minimum Gasteiger partial charge on any atom is -0.495 e. The Morgan fingerprint density at radius 3 is 2.82 bits per heavy atom. The van der Waals surface area contributed by atoms with Gasteiger partial charge in [-0.05, 0) is 12.1 Å². The number of carbonyl (C=O) groups excluding carboxylic acids is 1. The molecule has 1 amide bonds. The first kappa shape index (κ1) is 10.9. The zero-order chi connectivity index (χ0) is 12.3. The first-order valence-electron chi connectivity index (χ1n) is 4.80. The van der Waals surface area contributed by atoms with Crippen molar-refractivity contribution in [2.75, 3.05) is 12.4 Å². The van der Waals surface area contributed by atoms with E-state index >= 15 is 0 Å². The maximum Gasteiger partial charge on any atom is 0.341 e. The summed E-state index contributed by atoms with van der Waals surface area (Å²) in [5, 5.41) is 8.21. The van der Waals surface area contributed by atoms with Crippen LogP contribution in [0.1, 0.15) is 10.6 Å². The lowest BCUT2D eigenvalue weighted by Crippen LogP contribution is -2.15. The second kappa shape index (κ2) is 4.52. The zero-order valence-corrected chi connectivity index (χ0v) is 8.98. The summed E-state index contributed by atoms with van der Waals surface area (Å²) in [5.41, 5.74) is -0.0287. The lowest BCUT2D eigenvalue weighted by atomic mass is 10.3. The third-order valence-corrected chi connectivity index (χ3v) is 2.07. The number of aromatic nitrogens is 3. The monoisotopic (exact) mass is 234 g/mol. The summed E-state index contributed by atoms with van der Waals surface area (Å²) < 4.78 is 5.07. The van der Waals surface area contributed by atoms with Crippen molar-refractivity contribution in [2.45, 2.75) is 0 Å². The highest BCUT2D eigenvalue weighted by molar-refractivity contribution is 6.02. The highest BCUT2D eigenvalue weighted by Crippen LogP contribution is 2.23. The largest absolute Gasteiger partial charge is 0.495 e. The fraction of sp³-hybridized carbons (Fsp3) is 0.100. The molecule has 0 aliphatic carbocycles. The SMILES string of the molecule is COc1ccccc1NC(=O)c1n[nH]c(=O)[nH]1. The van der Waals surface area contributed by atoms with E-state index in [1.807, 2.05) is 0 Å². The number of para-hydroxylation sites is 2. The van der Waals surface area contributed by atoms with Crippen LogP contribution < -0.4 is 15.7 Å². The number of H-pyrrole nitrogens is 2. The highest BCUT2D eigenvalue weighted by atomic mass is 16.5. The molecule has 0 atom stereocenters. The van der Waals surface area contributed by atoms with E-state index in [4.69, 9.17) is 4.74 Å². The molecule has 0 unspecified atom stereocenters. The lowest BCUT2D eigenvalue weighted by molar-refractivity contribution is 0.101. The van der Waals surface area contributed by atoms with Gasteiger partial charge in [0.05, 0.1) is 12.8 Å². The van der Waals surface area contributed by atoms with E-state index < -0.39 is 11.6 Å². The van der Waals surface area contributed by atoms with E-state index in [-0.39, 0.29) is 5.82 Å². The highest BCUT2D eigenvalue weighted by Gasteiger charge is 2.12. The van der Waals surface area contributed by atoms with Crippen LogP contribution in [0.25, 0.3) is 0 Å². The van der Waals surface area contributed by atoms with Crippen LogP contribution in [0.3, 0.4) is 0 Å². The number of carbonyl (C=O) groups is 1. The van der Waals surface area contributed by atoms with Gasteiger partial charge in [0.1, 0.15) is 5.75 Å². The molecule has 0 saturated carbocycles. The van der Waals surface area contributed by atoms with E-state index in [0.29, 0.717) is 11.4 Å². The molecule has 1 heterocycles. The first-order valence-corrected chi connectivity index (χ1v) is 4.80. The molecule has 0 radical (unpaired) electrons. The fourth-order valence-electron chi connectivity index (χ4n) is 1.31. The van der Waals surface area contributed by atoms with Gasteiger partial charge in [0, 0.05) is 0 Å². The summed E-state index contributed by atoms with van der Waals surface area (Å²) in [7, 11) is 1.50. The van der Waals surface area contributed by atoms with Crippen LogP contribution in [0.4, 0.5) is 5.69 Å². The van der Waals surface area contributed by atoms with E-state index in [1.54, 1.807) is 24.3 Å². The average molecular weight is 234 g/mol. The van der Waals surface area contributed by atoms with Crippen LogP contribution in [-0.2, 0) is 0 Å². The molecular formula is C10H10N4O3. The van der Waals surface area contributed by atoms with Crippen molar-refractivity contribution in [1.29, 1.82) is 0 Å².